The molecule has 30 heavy (non-hydrogen) atoms. The highest BCUT2D eigenvalue weighted by molar-refractivity contribution is 5.98. The predicted molar refractivity (Wildman–Crippen MR) is 121 cm³/mol. The van der Waals surface area contributed by atoms with E-state index in [1.807, 2.05) is 6.07 Å². The Kier molecular flexibility index (Phi) is 8.02. The Morgan fingerprint density at radius 2 is 1.80 bits per heavy atom. The van der Waals surface area contributed by atoms with Crippen molar-refractivity contribution in [1.82, 2.24) is 4.57 Å². The van der Waals surface area contributed by atoms with E-state index in [-0.39, 0.29) is 11.8 Å². The van der Waals surface area contributed by atoms with E-state index in [1.165, 1.54) is 10.5 Å². The van der Waals surface area contributed by atoms with Crippen LogP contribution in [0.5, 0.6) is 0 Å². The second-order valence-corrected chi connectivity index (χ2v) is 8.58. The third-order valence-corrected chi connectivity index (χ3v) is 6.22. The molecule has 2 aromatic rings. The Morgan fingerprint density at radius 1 is 1.13 bits per heavy atom. The smallest absolute Gasteiger partial charge is 0.218 e. The lowest BCUT2D eigenvalue weighted by atomic mass is 10.1. The zero-order chi connectivity index (χ0) is 21.5. The maximum absolute atomic E-state index is 13.0. The number of carbonyl (C=O) groups excluding carboxylic acids is 1. The fourth-order valence-corrected chi connectivity index (χ4v) is 4.64. The number of methoxy groups -OCH3 is 1. The van der Waals surface area contributed by atoms with Crippen molar-refractivity contribution in [2.24, 2.45) is 0 Å². The average Bonchev–Trinajstić information content (AvgIpc) is 3.04. The normalized spacial score (nSPS) is 20.5. The van der Waals surface area contributed by atoms with Gasteiger partial charge in [0, 0.05) is 24.1 Å². The van der Waals surface area contributed by atoms with Crippen molar-refractivity contribution < 1.29 is 19.3 Å². The molecule has 5 heteroatoms. The van der Waals surface area contributed by atoms with Crippen LogP contribution < -0.4 is 9.80 Å². The van der Waals surface area contributed by atoms with Gasteiger partial charge in [0.25, 0.3) is 0 Å². The standard InChI is InChI=1S/C25H35N3O2/c1-20-17-24(22(3)28(20)21(2)19-30-4)25(29)18-27-15-13-26(14-16-27)12-8-11-23-9-6-5-7-10-23/h5-11,17,21H,12-16,18-19H2,1-4H3/p+2/b11-8+/t21-/m1/s1. The van der Waals surface area contributed by atoms with Crippen LogP contribution in [0, 0.1) is 13.8 Å². The summed E-state index contributed by atoms with van der Waals surface area (Å²) in [6, 6.07) is 12.7. The van der Waals surface area contributed by atoms with Crippen molar-refractivity contribution in [3.63, 3.8) is 0 Å². The highest BCUT2D eigenvalue weighted by Gasteiger charge is 2.26. The maximum atomic E-state index is 13.0. The summed E-state index contributed by atoms with van der Waals surface area (Å²) in [5.41, 5.74) is 4.33. The predicted octanol–water partition coefficient (Wildman–Crippen LogP) is 0.992. The number of aryl methyl sites for hydroxylation is 1. The second-order valence-electron chi connectivity index (χ2n) is 8.58. The van der Waals surface area contributed by atoms with Gasteiger partial charge in [-0.25, -0.2) is 0 Å². The van der Waals surface area contributed by atoms with Gasteiger partial charge in [0.2, 0.25) is 5.78 Å². The number of hydrogen-bond donors (Lipinski definition) is 2. The SMILES string of the molecule is COC[C@@H](C)n1c(C)cc(C(=O)C[NH+]2CC[NH+](C/C=C/c3ccccc3)CC2)c1C. The van der Waals surface area contributed by atoms with Crippen LogP contribution >= 0.6 is 0 Å². The van der Waals surface area contributed by atoms with Gasteiger partial charge >= 0.3 is 0 Å². The van der Waals surface area contributed by atoms with E-state index >= 15 is 0 Å². The van der Waals surface area contributed by atoms with E-state index in [0.717, 1.165) is 49.7 Å². The molecule has 5 nitrogen and oxygen atoms in total. The molecule has 0 aliphatic carbocycles. The maximum Gasteiger partial charge on any atom is 0.218 e. The second kappa shape index (κ2) is 10.7. The molecule has 0 unspecified atom stereocenters. The van der Waals surface area contributed by atoms with Crippen LogP contribution in [-0.4, -0.2) is 63.3 Å². The van der Waals surface area contributed by atoms with Gasteiger partial charge in [0.1, 0.15) is 32.7 Å². The number of Topliss-reactive ketones (excluding diaryl/α,β-unsaturated/α-hetero) is 1. The molecule has 1 aliphatic rings. The molecule has 1 saturated heterocycles. The number of carbonyl (C=O) groups is 1. The van der Waals surface area contributed by atoms with E-state index in [4.69, 9.17) is 4.74 Å². The molecule has 0 radical (unpaired) electrons. The number of benzene rings is 1. The first kappa shape index (κ1) is 22.5. The number of hydrogen-bond acceptors (Lipinski definition) is 2. The Labute approximate surface area is 180 Å². The molecule has 0 bridgehead atoms. The van der Waals surface area contributed by atoms with E-state index in [9.17, 15) is 4.79 Å². The Morgan fingerprint density at radius 3 is 2.47 bits per heavy atom. The van der Waals surface area contributed by atoms with E-state index in [2.05, 4.69) is 67.8 Å². The van der Waals surface area contributed by atoms with Crippen molar-refractivity contribution in [1.29, 1.82) is 0 Å². The third kappa shape index (κ3) is 5.69. The highest BCUT2D eigenvalue weighted by Crippen LogP contribution is 2.20. The number of ketones is 1. The lowest BCUT2D eigenvalue weighted by Gasteiger charge is -2.28. The molecule has 162 valence electrons. The van der Waals surface area contributed by atoms with Gasteiger partial charge in [0.15, 0.2) is 0 Å². The fourth-order valence-electron chi connectivity index (χ4n) is 4.64. The number of nitrogens with one attached hydrogen (secondary N) is 2. The number of aromatic nitrogens is 1. The minimum Gasteiger partial charge on any atom is -0.383 e. The lowest BCUT2D eigenvalue weighted by molar-refractivity contribution is -1.01. The monoisotopic (exact) mass is 411 g/mol. The summed E-state index contributed by atoms with van der Waals surface area (Å²) in [5, 5.41) is 0. The molecule has 2 N–H and O–H groups in total. The van der Waals surface area contributed by atoms with Gasteiger partial charge in [-0.05, 0) is 38.5 Å². The number of nitrogens with zero attached hydrogens (tertiary/aromatic N) is 1. The summed E-state index contributed by atoms with van der Waals surface area (Å²) in [7, 11) is 1.72. The first-order chi connectivity index (χ1) is 14.5. The first-order valence-corrected chi connectivity index (χ1v) is 11.1. The Bertz CT molecular complexity index is 849. The molecule has 1 aliphatic heterocycles. The number of quaternary nitrogens is 2. The highest BCUT2D eigenvalue weighted by atomic mass is 16.5. The summed E-state index contributed by atoms with van der Waals surface area (Å²) in [6.45, 7) is 12.9. The zero-order valence-electron chi connectivity index (χ0n) is 18.9. The van der Waals surface area contributed by atoms with Gasteiger partial charge in [-0.1, -0.05) is 36.4 Å². The van der Waals surface area contributed by atoms with Gasteiger partial charge < -0.3 is 19.1 Å². The zero-order valence-corrected chi connectivity index (χ0v) is 18.9. The first-order valence-electron chi connectivity index (χ1n) is 11.1. The van der Waals surface area contributed by atoms with Crippen molar-refractivity contribution in [3.05, 3.63) is 65.0 Å². The van der Waals surface area contributed by atoms with Crippen molar-refractivity contribution >= 4 is 11.9 Å². The minimum absolute atomic E-state index is 0.236. The summed E-state index contributed by atoms with van der Waals surface area (Å²) >= 11 is 0. The van der Waals surface area contributed by atoms with E-state index in [0.29, 0.717) is 13.2 Å². The molecule has 1 aromatic heterocycles. The lowest BCUT2D eigenvalue weighted by Crippen LogP contribution is -3.28. The molecule has 1 fully saturated rings. The number of rotatable bonds is 9. The van der Waals surface area contributed by atoms with Crippen molar-refractivity contribution in [2.75, 3.05) is 53.0 Å². The fraction of sp³-hybridized carbons (Fsp3) is 0.480. The third-order valence-electron chi connectivity index (χ3n) is 6.22. The average molecular weight is 412 g/mol. The Hall–Kier alpha value is -2.21. The molecule has 2 heterocycles. The van der Waals surface area contributed by atoms with Crippen LogP contribution in [0.4, 0.5) is 0 Å². The molecule has 0 saturated carbocycles. The molecule has 1 aromatic carbocycles. The van der Waals surface area contributed by atoms with Crippen LogP contribution in [0.25, 0.3) is 6.08 Å². The van der Waals surface area contributed by atoms with E-state index < -0.39 is 0 Å². The quantitative estimate of drug-likeness (QED) is 0.605. The van der Waals surface area contributed by atoms with E-state index in [1.54, 1.807) is 12.0 Å². The van der Waals surface area contributed by atoms with Gasteiger partial charge in [-0.15, -0.1) is 0 Å². The summed E-state index contributed by atoms with van der Waals surface area (Å²) < 4.78 is 7.53. The molecule has 0 amide bonds. The molecule has 0 spiro atoms. The number of piperazine rings is 1. The van der Waals surface area contributed by atoms with Gasteiger partial charge in [-0.2, -0.15) is 0 Å². The Balaban J connectivity index is 1.50. The van der Waals surface area contributed by atoms with Crippen LogP contribution in [-0.2, 0) is 4.74 Å². The summed E-state index contributed by atoms with van der Waals surface area (Å²) in [6.07, 6.45) is 4.48. The molecule has 1 atom stereocenters. The number of ether oxygens (including phenoxy) is 1. The topological polar surface area (TPSA) is 40.1 Å². The molecular formula is C25H37N3O2+2. The summed E-state index contributed by atoms with van der Waals surface area (Å²) in [4.78, 5) is 16.0. The largest absolute Gasteiger partial charge is 0.383 e. The van der Waals surface area contributed by atoms with Crippen molar-refractivity contribution in [3.8, 4) is 0 Å². The van der Waals surface area contributed by atoms with Crippen LogP contribution in [0.15, 0.2) is 42.5 Å². The summed E-state index contributed by atoms with van der Waals surface area (Å²) in [5.74, 6) is 0.265. The minimum atomic E-state index is 0.236. The van der Waals surface area contributed by atoms with Gasteiger partial charge in [-0.3, -0.25) is 4.79 Å². The van der Waals surface area contributed by atoms with Crippen LogP contribution in [0.3, 0.4) is 0 Å². The van der Waals surface area contributed by atoms with Crippen LogP contribution in [0.2, 0.25) is 0 Å². The van der Waals surface area contributed by atoms with Crippen molar-refractivity contribution in [2.45, 2.75) is 26.8 Å². The van der Waals surface area contributed by atoms with Crippen LogP contribution in [0.1, 0.15) is 40.3 Å². The van der Waals surface area contributed by atoms with Gasteiger partial charge in [0.05, 0.1) is 19.2 Å². The molecular weight excluding hydrogens is 374 g/mol. The molecule has 3 rings (SSSR count).